The Labute approximate surface area is 80.0 Å². The van der Waals surface area contributed by atoms with Crippen LogP contribution in [-0.2, 0) is 0 Å². The van der Waals surface area contributed by atoms with Gasteiger partial charge in [-0.2, -0.15) is 0 Å². The van der Waals surface area contributed by atoms with Crippen molar-refractivity contribution in [3.05, 3.63) is 0 Å². The Kier molecular flexibility index (Phi) is 2.16. The van der Waals surface area contributed by atoms with Gasteiger partial charge in [0.25, 0.3) is 0 Å². The van der Waals surface area contributed by atoms with Crippen molar-refractivity contribution in [2.24, 2.45) is 5.92 Å². The summed E-state index contributed by atoms with van der Waals surface area (Å²) in [5.41, 5.74) is -0.723. The maximum Gasteiger partial charge on any atom is 0.0673 e. The molecule has 2 rings (SSSR count). The van der Waals surface area contributed by atoms with Crippen molar-refractivity contribution in [3.8, 4) is 0 Å². The monoisotopic (exact) mass is 184 g/mol. The lowest BCUT2D eigenvalue weighted by Gasteiger charge is -2.42. The molecule has 2 fully saturated rings. The highest BCUT2D eigenvalue weighted by molar-refractivity contribution is 4.97. The number of aliphatic hydroxyl groups is 2. The summed E-state index contributed by atoms with van der Waals surface area (Å²) in [5.74, 6) is 0.367. The van der Waals surface area contributed by atoms with Gasteiger partial charge in [-0.1, -0.05) is 6.92 Å². The molecule has 0 radical (unpaired) electrons. The first-order chi connectivity index (χ1) is 6.04. The average molecular weight is 184 g/mol. The molecule has 0 aliphatic heterocycles. The van der Waals surface area contributed by atoms with Crippen molar-refractivity contribution < 1.29 is 10.2 Å². The summed E-state index contributed by atoms with van der Waals surface area (Å²) >= 11 is 0. The molecule has 0 aromatic heterocycles. The molecule has 2 nitrogen and oxygen atoms in total. The fourth-order valence-electron chi connectivity index (χ4n) is 2.18. The Bertz CT molecular complexity index is 192. The van der Waals surface area contributed by atoms with Crippen LogP contribution in [0.1, 0.15) is 51.9 Å². The van der Waals surface area contributed by atoms with E-state index in [4.69, 9.17) is 0 Å². The molecule has 0 heterocycles. The molecule has 2 aliphatic carbocycles. The first-order valence-electron chi connectivity index (χ1n) is 5.49. The summed E-state index contributed by atoms with van der Waals surface area (Å²) in [5, 5.41) is 19.7. The van der Waals surface area contributed by atoms with Crippen LogP contribution in [0.4, 0.5) is 0 Å². The van der Waals surface area contributed by atoms with Gasteiger partial charge in [-0.15, -0.1) is 0 Å². The van der Waals surface area contributed by atoms with Crippen LogP contribution >= 0.6 is 0 Å². The Hall–Kier alpha value is -0.0800. The molecule has 0 amide bonds. The van der Waals surface area contributed by atoms with Crippen LogP contribution in [0.25, 0.3) is 0 Å². The van der Waals surface area contributed by atoms with Gasteiger partial charge in [0.15, 0.2) is 0 Å². The van der Waals surface area contributed by atoms with E-state index in [1.165, 1.54) is 6.42 Å². The molecular weight excluding hydrogens is 164 g/mol. The highest BCUT2D eigenvalue weighted by Crippen LogP contribution is 2.44. The van der Waals surface area contributed by atoms with Gasteiger partial charge in [-0.05, 0) is 50.9 Å². The maximum absolute atomic E-state index is 10.0. The first kappa shape index (κ1) is 9.47. The van der Waals surface area contributed by atoms with Gasteiger partial charge in [0.05, 0.1) is 11.2 Å². The SMILES string of the molecule is CC(CCC1(O)CC1)C1(O)CCC1. The number of rotatable bonds is 4. The van der Waals surface area contributed by atoms with E-state index >= 15 is 0 Å². The highest BCUT2D eigenvalue weighted by atomic mass is 16.3. The van der Waals surface area contributed by atoms with E-state index in [9.17, 15) is 10.2 Å². The first-order valence-corrected chi connectivity index (χ1v) is 5.49. The molecule has 1 atom stereocenters. The van der Waals surface area contributed by atoms with Gasteiger partial charge in [0, 0.05) is 0 Å². The van der Waals surface area contributed by atoms with Crippen molar-refractivity contribution in [2.75, 3.05) is 0 Å². The molecule has 2 heteroatoms. The fraction of sp³-hybridized carbons (Fsp3) is 1.00. The van der Waals surface area contributed by atoms with E-state index in [1.807, 2.05) is 0 Å². The minimum atomic E-state index is -0.384. The molecule has 13 heavy (non-hydrogen) atoms. The number of hydrogen-bond donors (Lipinski definition) is 2. The lowest BCUT2D eigenvalue weighted by atomic mass is 9.70. The van der Waals surface area contributed by atoms with Gasteiger partial charge >= 0.3 is 0 Å². The van der Waals surface area contributed by atoms with Crippen molar-refractivity contribution in [2.45, 2.75) is 63.1 Å². The topological polar surface area (TPSA) is 40.5 Å². The Morgan fingerprint density at radius 3 is 2.15 bits per heavy atom. The molecule has 0 aromatic carbocycles. The third kappa shape index (κ3) is 1.89. The van der Waals surface area contributed by atoms with Crippen LogP contribution in [0.2, 0.25) is 0 Å². The Morgan fingerprint density at radius 2 is 1.77 bits per heavy atom. The number of hydrogen-bond acceptors (Lipinski definition) is 2. The molecule has 0 saturated heterocycles. The zero-order valence-electron chi connectivity index (χ0n) is 8.42. The van der Waals surface area contributed by atoms with Gasteiger partial charge in [-0.3, -0.25) is 0 Å². The third-order valence-electron chi connectivity index (χ3n) is 4.01. The second-order valence-electron chi connectivity index (χ2n) is 5.12. The van der Waals surface area contributed by atoms with Crippen LogP contribution in [0.15, 0.2) is 0 Å². The fourth-order valence-corrected chi connectivity index (χ4v) is 2.18. The van der Waals surface area contributed by atoms with E-state index in [1.54, 1.807) is 0 Å². The summed E-state index contributed by atoms with van der Waals surface area (Å²) < 4.78 is 0. The normalized spacial score (nSPS) is 30.7. The molecule has 2 aliphatic rings. The van der Waals surface area contributed by atoms with Crippen molar-refractivity contribution in [3.63, 3.8) is 0 Å². The van der Waals surface area contributed by atoms with Crippen molar-refractivity contribution in [1.29, 1.82) is 0 Å². The summed E-state index contributed by atoms with van der Waals surface area (Å²) in [6.45, 7) is 2.12. The Morgan fingerprint density at radius 1 is 1.15 bits per heavy atom. The maximum atomic E-state index is 10.0. The smallest absolute Gasteiger partial charge is 0.0673 e. The summed E-state index contributed by atoms with van der Waals surface area (Å²) in [6, 6.07) is 0. The molecule has 0 spiro atoms. The minimum absolute atomic E-state index is 0.339. The standard InChI is InChI=1S/C11H20O2/c1-9(11(13)4-2-5-11)3-6-10(12)7-8-10/h9,12-13H,2-8H2,1H3. The molecule has 2 N–H and O–H groups in total. The van der Waals surface area contributed by atoms with Crippen LogP contribution in [0.5, 0.6) is 0 Å². The van der Waals surface area contributed by atoms with E-state index in [-0.39, 0.29) is 11.2 Å². The largest absolute Gasteiger partial charge is 0.390 e. The lowest BCUT2D eigenvalue weighted by Crippen LogP contribution is -2.43. The third-order valence-corrected chi connectivity index (χ3v) is 4.01. The molecule has 1 unspecified atom stereocenters. The summed E-state index contributed by atoms with van der Waals surface area (Å²) in [4.78, 5) is 0. The molecule has 76 valence electrons. The summed E-state index contributed by atoms with van der Waals surface area (Å²) in [7, 11) is 0. The van der Waals surface area contributed by atoms with E-state index < -0.39 is 0 Å². The van der Waals surface area contributed by atoms with Gasteiger partial charge in [0.1, 0.15) is 0 Å². The predicted molar refractivity (Wildman–Crippen MR) is 51.4 cm³/mol. The van der Waals surface area contributed by atoms with Crippen LogP contribution in [0, 0.1) is 5.92 Å². The van der Waals surface area contributed by atoms with Gasteiger partial charge in [0.2, 0.25) is 0 Å². The summed E-state index contributed by atoms with van der Waals surface area (Å²) in [6.07, 6.45) is 6.91. The Balaban J connectivity index is 1.74. The average Bonchev–Trinajstić information content (AvgIpc) is 2.76. The van der Waals surface area contributed by atoms with Crippen LogP contribution in [-0.4, -0.2) is 21.4 Å². The van der Waals surface area contributed by atoms with Gasteiger partial charge in [-0.25, -0.2) is 0 Å². The van der Waals surface area contributed by atoms with Crippen LogP contribution in [0.3, 0.4) is 0 Å². The molecule has 2 saturated carbocycles. The highest BCUT2D eigenvalue weighted by Gasteiger charge is 2.44. The van der Waals surface area contributed by atoms with E-state index in [2.05, 4.69) is 6.92 Å². The molecular formula is C11H20O2. The van der Waals surface area contributed by atoms with Gasteiger partial charge < -0.3 is 10.2 Å². The second kappa shape index (κ2) is 2.96. The second-order valence-corrected chi connectivity index (χ2v) is 5.12. The molecule has 0 bridgehead atoms. The zero-order chi connectivity index (χ0) is 9.53. The minimum Gasteiger partial charge on any atom is -0.390 e. The lowest BCUT2D eigenvalue weighted by molar-refractivity contribution is -0.0831. The quantitative estimate of drug-likeness (QED) is 0.700. The zero-order valence-corrected chi connectivity index (χ0v) is 8.42. The predicted octanol–water partition coefficient (Wildman–Crippen LogP) is 1.84. The van der Waals surface area contributed by atoms with E-state index in [0.717, 1.165) is 38.5 Å². The van der Waals surface area contributed by atoms with E-state index in [0.29, 0.717) is 5.92 Å². The van der Waals surface area contributed by atoms with Crippen molar-refractivity contribution in [1.82, 2.24) is 0 Å². The molecule has 0 aromatic rings. The van der Waals surface area contributed by atoms with Crippen molar-refractivity contribution >= 4 is 0 Å². The van der Waals surface area contributed by atoms with Crippen LogP contribution < -0.4 is 0 Å².